The van der Waals surface area contributed by atoms with E-state index in [4.69, 9.17) is 4.74 Å². The third kappa shape index (κ3) is 6.09. The van der Waals surface area contributed by atoms with Gasteiger partial charge in [-0.1, -0.05) is 12.1 Å². The largest absolute Gasteiger partial charge is 0.454 e. The summed E-state index contributed by atoms with van der Waals surface area (Å²) in [5.74, 6) is -2.76. The number of aryl methyl sites for hydroxylation is 1. The fraction of sp³-hybridized carbons (Fsp3) is 0.211. The van der Waals surface area contributed by atoms with Crippen LogP contribution in [0.3, 0.4) is 0 Å². The van der Waals surface area contributed by atoms with Gasteiger partial charge in [-0.2, -0.15) is 0 Å². The van der Waals surface area contributed by atoms with Gasteiger partial charge in [-0.25, -0.2) is 9.18 Å². The molecule has 2 N–H and O–H groups in total. The van der Waals surface area contributed by atoms with E-state index >= 15 is 0 Å². The van der Waals surface area contributed by atoms with Crippen LogP contribution in [0.4, 0.5) is 15.8 Å². The lowest BCUT2D eigenvalue weighted by molar-refractivity contribution is -0.384. The fourth-order valence-electron chi connectivity index (χ4n) is 2.23. The van der Waals surface area contributed by atoms with Crippen LogP contribution in [-0.4, -0.2) is 35.4 Å². The Labute approximate surface area is 165 Å². The number of non-ortho nitro benzene ring substituents is 1. The quantitative estimate of drug-likeness (QED) is 0.415. The Kier molecular flexibility index (Phi) is 6.96. The van der Waals surface area contributed by atoms with E-state index in [2.05, 4.69) is 10.6 Å². The summed E-state index contributed by atoms with van der Waals surface area (Å²) in [6, 6.07) is 8.02. The van der Waals surface area contributed by atoms with Gasteiger partial charge in [0.05, 0.1) is 4.92 Å². The number of amides is 2. The van der Waals surface area contributed by atoms with Gasteiger partial charge < -0.3 is 15.4 Å². The number of anilines is 1. The predicted octanol–water partition coefficient (Wildman–Crippen LogP) is 2.34. The summed E-state index contributed by atoms with van der Waals surface area (Å²) < 4.78 is 18.3. The Morgan fingerprint density at radius 3 is 2.59 bits per heavy atom. The number of nitrogens with one attached hydrogen (secondary N) is 2. The Morgan fingerprint density at radius 1 is 1.21 bits per heavy atom. The number of ether oxygens (including phenoxy) is 1. The lowest BCUT2D eigenvalue weighted by atomic mass is 10.2. The van der Waals surface area contributed by atoms with Gasteiger partial charge in [-0.05, 0) is 37.6 Å². The van der Waals surface area contributed by atoms with Crippen molar-refractivity contribution in [2.45, 2.75) is 19.9 Å². The maximum Gasteiger partial charge on any atom is 0.328 e. The zero-order valence-corrected chi connectivity index (χ0v) is 15.6. The molecule has 0 spiro atoms. The number of carbonyl (C=O) groups is 3. The lowest BCUT2D eigenvalue weighted by Crippen LogP contribution is -2.40. The monoisotopic (exact) mass is 403 g/mol. The highest BCUT2D eigenvalue weighted by Crippen LogP contribution is 2.14. The minimum Gasteiger partial charge on any atom is -0.454 e. The van der Waals surface area contributed by atoms with E-state index in [0.717, 1.165) is 12.1 Å². The predicted molar refractivity (Wildman–Crippen MR) is 101 cm³/mol. The summed E-state index contributed by atoms with van der Waals surface area (Å²) in [6.45, 7) is 2.28. The van der Waals surface area contributed by atoms with Crippen molar-refractivity contribution < 1.29 is 28.4 Å². The summed E-state index contributed by atoms with van der Waals surface area (Å²) >= 11 is 0. The number of hydrogen-bond acceptors (Lipinski definition) is 6. The van der Waals surface area contributed by atoms with Crippen LogP contribution in [0.15, 0.2) is 42.5 Å². The molecule has 9 nitrogen and oxygen atoms in total. The maximum absolute atomic E-state index is 13.5. The highest BCUT2D eigenvalue weighted by molar-refractivity contribution is 5.97. The fourth-order valence-corrected chi connectivity index (χ4v) is 2.23. The first-order chi connectivity index (χ1) is 13.7. The molecule has 0 radical (unpaired) electrons. The van der Waals surface area contributed by atoms with Crippen molar-refractivity contribution in [3.8, 4) is 0 Å². The molecule has 0 unspecified atom stereocenters. The maximum atomic E-state index is 13.5. The molecule has 10 heteroatoms. The van der Waals surface area contributed by atoms with E-state index in [1.165, 1.54) is 37.3 Å². The standard InChI is InChI=1S/C19H18FN3O6/c1-11-6-7-14(9-16(11)20)22-17(24)10-29-19(26)12(2)21-18(25)13-4-3-5-15(8-13)23(27)28/h3-9,12H,10H2,1-2H3,(H,21,25)(H,22,24)/t12-/m0/s1. The molecule has 1 atom stereocenters. The van der Waals surface area contributed by atoms with Crippen LogP contribution in [-0.2, 0) is 14.3 Å². The topological polar surface area (TPSA) is 128 Å². The molecule has 2 aromatic rings. The van der Waals surface area contributed by atoms with Crippen LogP contribution in [0, 0.1) is 22.9 Å². The molecule has 152 valence electrons. The van der Waals surface area contributed by atoms with Crippen LogP contribution in [0.1, 0.15) is 22.8 Å². The van der Waals surface area contributed by atoms with Crippen LogP contribution >= 0.6 is 0 Å². The molecule has 2 amide bonds. The molecule has 2 rings (SSSR count). The van der Waals surface area contributed by atoms with Gasteiger partial charge in [0, 0.05) is 23.4 Å². The summed E-state index contributed by atoms with van der Waals surface area (Å²) in [5.41, 5.74) is 0.360. The van der Waals surface area contributed by atoms with Gasteiger partial charge in [0.15, 0.2) is 6.61 Å². The van der Waals surface area contributed by atoms with Gasteiger partial charge in [-0.3, -0.25) is 19.7 Å². The smallest absolute Gasteiger partial charge is 0.328 e. The summed E-state index contributed by atoms with van der Waals surface area (Å²) in [6.07, 6.45) is 0. The number of esters is 1. The number of rotatable bonds is 7. The van der Waals surface area contributed by atoms with Crippen LogP contribution in [0.5, 0.6) is 0 Å². The molecule has 0 bridgehead atoms. The number of nitro benzene ring substituents is 1. The second kappa shape index (κ2) is 9.40. The normalized spacial score (nSPS) is 11.3. The van der Waals surface area contributed by atoms with E-state index in [9.17, 15) is 28.9 Å². The first-order valence-electron chi connectivity index (χ1n) is 8.45. The Morgan fingerprint density at radius 2 is 1.93 bits per heavy atom. The van der Waals surface area contributed by atoms with Crippen LogP contribution in [0.2, 0.25) is 0 Å². The van der Waals surface area contributed by atoms with Crippen molar-refractivity contribution in [1.82, 2.24) is 5.32 Å². The van der Waals surface area contributed by atoms with Gasteiger partial charge in [0.1, 0.15) is 11.9 Å². The Bertz CT molecular complexity index is 963. The average molecular weight is 403 g/mol. The van der Waals surface area contributed by atoms with Gasteiger partial charge >= 0.3 is 5.97 Å². The molecule has 0 aliphatic carbocycles. The van der Waals surface area contributed by atoms with Crippen molar-refractivity contribution in [2.24, 2.45) is 0 Å². The van der Waals surface area contributed by atoms with Crippen molar-refractivity contribution >= 4 is 29.2 Å². The number of hydrogen-bond donors (Lipinski definition) is 2. The van der Waals surface area contributed by atoms with Crippen molar-refractivity contribution in [3.05, 3.63) is 69.5 Å². The van der Waals surface area contributed by atoms with Gasteiger partial charge in [-0.15, -0.1) is 0 Å². The molecule has 0 fully saturated rings. The minimum atomic E-state index is -1.11. The van der Waals surface area contributed by atoms with Gasteiger partial charge in [0.2, 0.25) is 0 Å². The highest BCUT2D eigenvalue weighted by Gasteiger charge is 2.20. The molecular formula is C19H18FN3O6. The zero-order valence-electron chi connectivity index (χ0n) is 15.6. The second-order valence-electron chi connectivity index (χ2n) is 6.12. The van der Waals surface area contributed by atoms with Crippen molar-refractivity contribution in [1.29, 1.82) is 0 Å². The number of halogens is 1. The van der Waals surface area contributed by atoms with Crippen molar-refractivity contribution in [2.75, 3.05) is 11.9 Å². The van der Waals surface area contributed by atoms with E-state index in [-0.39, 0.29) is 16.9 Å². The summed E-state index contributed by atoms with van der Waals surface area (Å²) in [4.78, 5) is 46.0. The third-order valence-electron chi connectivity index (χ3n) is 3.82. The molecular weight excluding hydrogens is 385 g/mol. The number of nitro groups is 1. The van der Waals surface area contributed by atoms with Crippen LogP contribution < -0.4 is 10.6 Å². The van der Waals surface area contributed by atoms with E-state index in [1.807, 2.05) is 0 Å². The first-order valence-corrected chi connectivity index (χ1v) is 8.45. The van der Waals surface area contributed by atoms with Crippen molar-refractivity contribution in [3.63, 3.8) is 0 Å². The number of nitrogens with zero attached hydrogens (tertiary/aromatic N) is 1. The average Bonchev–Trinajstić information content (AvgIpc) is 2.68. The minimum absolute atomic E-state index is 0.00186. The highest BCUT2D eigenvalue weighted by atomic mass is 19.1. The third-order valence-corrected chi connectivity index (χ3v) is 3.82. The lowest BCUT2D eigenvalue weighted by Gasteiger charge is -2.13. The molecule has 0 heterocycles. The van der Waals surface area contributed by atoms with E-state index in [1.54, 1.807) is 6.92 Å². The first kappa shape index (κ1) is 21.5. The zero-order chi connectivity index (χ0) is 21.6. The Hall–Kier alpha value is -3.82. The molecule has 0 saturated heterocycles. The van der Waals surface area contributed by atoms with E-state index < -0.39 is 41.2 Å². The Balaban J connectivity index is 1.86. The number of carbonyl (C=O) groups excluding carboxylic acids is 3. The number of benzene rings is 2. The van der Waals surface area contributed by atoms with Gasteiger partial charge in [0.25, 0.3) is 17.5 Å². The summed E-state index contributed by atoms with van der Waals surface area (Å²) in [7, 11) is 0. The van der Waals surface area contributed by atoms with Crippen LogP contribution in [0.25, 0.3) is 0 Å². The molecule has 29 heavy (non-hydrogen) atoms. The molecule has 0 aliphatic rings. The molecule has 0 aliphatic heterocycles. The second-order valence-corrected chi connectivity index (χ2v) is 6.12. The SMILES string of the molecule is Cc1ccc(NC(=O)COC(=O)[C@H](C)NC(=O)c2cccc([N+](=O)[O-])c2)cc1F. The summed E-state index contributed by atoms with van der Waals surface area (Å²) in [5, 5.41) is 15.5. The molecule has 0 aromatic heterocycles. The molecule has 2 aromatic carbocycles. The molecule has 0 saturated carbocycles. The van der Waals surface area contributed by atoms with E-state index in [0.29, 0.717) is 5.56 Å².